The Labute approximate surface area is 128 Å². The molecule has 0 bridgehead atoms. The number of nitrogens with one attached hydrogen (secondary N) is 1. The summed E-state index contributed by atoms with van der Waals surface area (Å²) in [5.74, 6) is 0.441. The highest BCUT2D eigenvalue weighted by Crippen LogP contribution is 2.22. The van der Waals surface area contributed by atoms with Gasteiger partial charge in [0, 0.05) is 11.8 Å². The molecule has 0 atom stereocenters. The number of benzene rings is 1. The van der Waals surface area contributed by atoms with Crippen molar-refractivity contribution in [3.8, 4) is 22.8 Å². The predicted molar refractivity (Wildman–Crippen MR) is 84.0 cm³/mol. The first-order chi connectivity index (χ1) is 9.75. The minimum atomic E-state index is -0.173. The van der Waals surface area contributed by atoms with Gasteiger partial charge in [-0.1, -0.05) is 30.3 Å². The van der Waals surface area contributed by atoms with E-state index in [4.69, 9.17) is 0 Å². The molecule has 0 fully saturated rings. The lowest BCUT2D eigenvalue weighted by Crippen LogP contribution is -2.14. The second kappa shape index (κ2) is 5.49. The van der Waals surface area contributed by atoms with Crippen molar-refractivity contribution < 1.29 is 0 Å². The molecule has 20 heavy (non-hydrogen) atoms. The monoisotopic (exact) mass is 376 g/mol. The lowest BCUT2D eigenvalue weighted by molar-refractivity contribution is 1.07. The Balaban J connectivity index is 2.22. The normalized spacial score (nSPS) is 10.4. The van der Waals surface area contributed by atoms with E-state index < -0.39 is 0 Å². The molecular weight excluding hydrogens is 367 g/mol. The van der Waals surface area contributed by atoms with Crippen molar-refractivity contribution in [2.75, 3.05) is 0 Å². The number of aromatic nitrogens is 4. The van der Waals surface area contributed by atoms with Gasteiger partial charge in [-0.3, -0.25) is 4.79 Å². The van der Waals surface area contributed by atoms with Crippen molar-refractivity contribution in [3.63, 3.8) is 0 Å². The van der Waals surface area contributed by atoms with Crippen LogP contribution in [0.3, 0.4) is 0 Å². The van der Waals surface area contributed by atoms with Crippen molar-refractivity contribution in [3.05, 3.63) is 62.8 Å². The molecule has 0 aliphatic rings. The molecule has 6 heteroatoms. The smallest absolute Gasteiger partial charge is 0.265 e. The van der Waals surface area contributed by atoms with Crippen LogP contribution in [0, 0.1) is 3.57 Å². The van der Waals surface area contributed by atoms with Crippen LogP contribution in [-0.4, -0.2) is 19.9 Å². The van der Waals surface area contributed by atoms with E-state index in [1.807, 2.05) is 52.9 Å². The van der Waals surface area contributed by atoms with Crippen LogP contribution >= 0.6 is 22.6 Å². The Morgan fingerprint density at radius 2 is 1.90 bits per heavy atom. The van der Waals surface area contributed by atoms with E-state index in [1.165, 1.54) is 6.33 Å². The van der Waals surface area contributed by atoms with Gasteiger partial charge in [0.05, 0.1) is 5.69 Å². The van der Waals surface area contributed by atoms with Crippen LogP contribution < -0.4 is 5.56 Å². The van der Waals surface area contributed by atoms with Gasteiger partial charge in [-0.2, -0.15) is 0 Å². The maximum absolute atomic E-state index is 12.1. The van der Waals surface area contributed by atoms with E-state index in [1.54, 1.807) is 12.3 Å². The molecule has 0 unspecified atom stereocenters. The highest BCUT2D eigenvalue weighted by Gasteiger charge is 2.12. The maximum atomic E-state index is 12.1. The lowest BCUT2D eigenvalue weighted by atomic mass is 10.1. The van der Waals surface area contributed by atoms with Crippen molar-refractivity contribution >= 4 is 22.6 Å². The number of aromatic amines is 1. The van der Waals surface area contributed by atoms with Crippen molar-refractivity contribution in [2.45, 2.75) is 0 Å². The van der Waals surface area contributed by atoms with Gasteiger partial charge in [0.15, 0.2) is 5.82 Å². The van der Waals surface area contributed by atoms with E-state index in [0.717, 1.165) is 5.56 Å². The average Bonchev–Trinajstić information content (AvgIpc) is 2.51. The van der Waals surface area contributed by atoms with Gasteiger partial charge in [0.25, 0.3) is 5.56 Å². The van der Waals surface area contributed by atoms with E-state index in [2.05, 4.69) is 19.9 Å². The van der Waals surface area contributed by atoms with Crippen LogP contribution in [0.4, 0.5) is 0 Å². The van der Waals surface area contributed by atoms with Gasteiger partial charge in [0.2, 0.25) is 0 Å². The van der Waals surface area contributed by atoms with Gasteiger partial charge in [-0.05, 0) is 28.7 Å². The number of nitrogens with zero attached hydrogens (tertiary/aromatic N) is 3. The fourth-order valence-electron chi connectivity index (χ4n) is 1.80. The Morgan fingerprint density at radius 3 is 2.60 bits per heavy atom. The van der Waals surface area contributed by atoms with Crippen LogP contribution in [0.25, 0.3) is 22.8 Å². The Hall–Kier alpha value is -2.09. The molecule has 2 aromatic heterocycles. The molecule has 0 amide bonds. The largest absolute Gasteiger partial charge is 0.304 e. The van der Waals surface area contributed by atoms with Crippen LogP contribution in [0.1, 0.15) is 0 Å². The average molecular weight is 376 g/mol. The number of hydrogen-bond acceptors (Lipinski definition) is 4. The molecule has 0 spiro atoms. The highest BCUT2D eigenvalue weighted by molar-refractivity contribution is 14.1. The third-order valence-electron chi connectivity index (χ3n) is 2.73. The molecule has 1 N–H and O–H groups in total. The molecule has 3 aromatic rings. The summed E-state index contributed by atoms with van der Waals surface area (Å²) in [6.07, 6.45) is 3.04. The predicted octanol–water partition coefficient (Wildman–Crippen LogP) is 2.50. The quantitative estimate of drug-likeness (QED) is 0.698. The zero-order valence-electron chi connectivity index (χ0n) is 10.2. The number of H-pyrrole nitrogens is 1. The van der Waals surface area contributed by atoms with Gasteiger partial charge >= 0.3 is 0 Å². The first-order valence-electron chi connectivity index (χ1n) is 5.87. The number of hydrogen-bond donors (Lipinski definition) is 1. The minimum Gasteiger partial charge on any atom is -0.304 e. The Bertz CT molecular complexity index is 787. The maximum Gasteiger partial charge on any atom is 0.265 e. The summed E-state index contributed by atoms with van der Waals surface area (Å²) in [6, 6.07) is 11.3. The van der Waals surface area contributed by atoms with Crippen molar-refractivity contribution in [1.29, 1.82) is 0 Å². The second-order valence-electron chi connectivity index (χ2n) is 4.04. The van der Waals surface area contributed by atoms with E-state index in [-0.39, 0.29) is 5.56 Å². The minimum absolute atomic E-state index is 0.173. The molecule has 3 rings (SSSR count). The molecule has 1 aromatic carbocycles. The summed E-state index contributed by atoms with van der Waals surface area (Å²) < 4.78 is 0.562. The van der Waals surface area contributed by atoms with Crippen LogP contribution in [0.5, 0.6) is 0 Å². The SMILES string of the molecule is O=c1[nH]c(-c2ccncn2)nc(-c2ccccc2)c1I. The molecule has 0 aliphatic heterocycles. The summed E-state index contributed by atoms with van der Waals surface area (Å²) in [5.41, 5.74) is 1.97. The standard InChI is InChI=1S/C14H9IN4O/c15-11-12(9-4-2-1-3-5-9)18-13(19-14(11)20)10-6-7-16-8-17-10/h1-8H,(H,18,19,20). The highest BCUT2D eigenvalue weighted by atomic mass is 127. The van der Waals surface area contributed by atoms with Crippen molar-refractivity contribution in [2.24, 2.45) is 0 Å². The number of rotatable bonds is 2. The summed E-state index contributed by atoms with van der Waals surface area (Å²) in [6.45, 7) is 0. The topological polar surface area (TPSA) is 71.5 Å². The first-order valence-corrected chi connectivity index (χ1v) is 6.95. The molecule has 5 nitrogen and oxygen atoms in total. The molecular formula is C14H9IN4O. The Morgan fingerprint density at radius 1 is 1.10 bits per heavy atom. The van der Waals surface area contributed by atoms with E-state index in [9.17, 15) is 4.79 Å². The Kier molecular flexibility index (Phi) is 3.55. The zero-order chi connectivity index (χ0) is 13.9. The van der Waals surface area contributed by atoms with Crippen LogP contribution in [0.15, 0.2) is 53.7 Å². The third-order valence-corrected chi connectivity index (χ3v) is 3.74. The fourth-order valence-corrected chi connectivity index (χ4v) is 2.37. The van der Waals surface area contributed by atoms with Crippen molar-refractivity contribution in [1.82, 2.24) is 19.9 Å². The summed E-state index contributed by atoms with van der Waals surface area (Å²) in [4.78, 5) is 27.3. The molecule has 0 saturated heterocycles. The second-order valence-corrected chi connectivity index (χ2v) is 5.12. The van der Waals surface area contributed by atoms with Crippen LogP contribution in [0.2, 0.25) is 0 Å². The summed E-state index contributed by atoms with van der Waals surface area (Å²) in [7, 11) is 0. The van der Waals surface area contributed by atoms with Gasteiger partial charge in [-0.15, -0.1) is 0 Å². The van der Waals surface area contributed by atoms with Gasteiger partial charge in [0.1, 0.15) is 15.6 Å². The summed E-state index contributed by atoms with van der Waals surface area (Å²) >= 11 is 2.01. The fraction of sp³-hybridized carbons (Fsp3) is 0. The van der Waals surface area contributed by atoms with Crippen LogP contribution in [-0.2, 0) is 0 Å². The third kappa shape index (κ3) is 2.46. The molecule has 0 aliphatic carbocycles. The molecule has 98 valence electrons. The zero-order valence-corrected chi connectivity index (χ0v) is 12.4. The van der Waals surface area contributed by atoms with E-state index in [0.29, 0.717) is 20.8 Å². The van der Waals surface area contributed by atoms with E-state index >= 15 is 0 Å². The lowest BCUT2D eigenvalue weighted by Gasteiger charge is -2.06. The van der Waals surface area contributed by atoms with Gasteiger partial charge in [-0.25, -0.2) is 15.0 Å². The molecule has 0 saturated carbocycles. The molecule has 2 heterocycles. The van der Waals surface area contributed by atoms with Gasteiger partial charge < -0.3 is 4.98 Å². The summed E-state index contributed by atoms with van der Waals surface area (Å²) in [5, 5.41) is 0. The first kappa shape index (κ1) is 12.9. The molecule has 0 radical (unpaired) electrons. The number of halogens is 1.